The maximum absolute atomic E-state index is 5.52. The zero-order chi connectivity index (χ0) is 14.5. The molecule has 0 radical (unpaired) electrons. The molecule has 0 aliphatic heterocycles. The zero-order valence-corrected chi connectivity index (χ0v) is 13.5. The average molecular weight is 281 g/mol. The second kappa shape index (κ2) is 12.0. The fourth-order valence-corrected chi connectivity index (χ4v) is 2.39. The van der Waals surface area contributed by atoms with Crippen LogP contribution in [0.2, 0.25) is 0 Å². The Hall–Kier alpha value is -0.830. The van der Waals surface area contributed by atoms with Crippen molar-refractivity contribution in [1.29, 1.82) is 0 Å². The van der Waals surface area contributed by atoms with Crippen LogP contribution in [-0.2, 0) is 18.0 Å². The highest BCUT2D eigenvalue weighted by atomic mass is 16.5. The molecule has 3 heteroatoms. The average Bonchev–Trinajstić information content (AvgIpc) is 2.90. The summed E-state index contributed by atoms with van der Waals surface area (Å²) in [5.74, 6) is 0. The van der Waals surface area contributed by atoms with E-state index in [0.717, 1.165) is 19.6 Å². The lowest BCUT2D eigenvalue weighted by Gasteiger charge is -2.00. The molecule has 1 rings (SSSR count). The second-order valence-electron chi connectivity index (χ2n) is 5.68. The van der Waals surface area contributed by atoms with E-state index < -0.39 is 0 Å². The Morgan fingerprint density at radius 2 is 1.60 bits per heavy atom. The first kappa shape index (κ1) is 17.2. The normalized spacial score (nSPS) is 11.1. The Labute approximate surface area is 125 Å². The predicted octanol–water partition coefficient (Wildman–Crippen LogP) is 4.30. The molecule has 0 spiro atoms. The van der Waals surface area contributed by atoms with Crippen LogP contribution in [0.15, 0.2) is 18.7 Å². The number of hydrogen-bond acceptors (Lipinski definition) is 1. The third-order valence-corrected chi connectivity index (χ3v) is 3.60. The number of imidazole rings is 1. The number of rotatable bonds is 13. The topological polar surface area (TPSA) is 18.0 Å². The van der Waals surface area contributed by atoms with Gasteiger partial charge in [0.1, 0.15) is 12.4 Å². The summed E-state index contributed by atoms with van der Waals surface area (Å²) in [6.45, 7) is 7.07. The van der Waals surface area contributed by atoms with Gasteiger partial charge in [-0.15, -0.1) is 0 Å². The van der Waals surface area contributed by atoms with Gasteiger partial charge in [0.15, 0.2) is 6.73 Å². The Bertz CT molecular complexity index is 323. The van der Waals surface area contributed by atoms with Crippen molar-refractivity contribution in [3.63, 3.8) is 0 Å². The molecule has 1 aromatic rings. The smallest absolute Gasteiger partial charge is 0.245 e. The highest BCUT2D eigenvalue weighted by molar-refractivity contribution is 4.65. The summed E-state index contributed by atoms with van der Waals surface area (Å²) in [6.07, 6.45) is 18.5. The summed E-state index contributed by atoms with van der Waals surface area (Å²) in [7, 11) is 0. The van der Waals surface area contributed by atoms with Gasteiger partial charge in [0.05, 0.1) is 13.2 Å². The Morgan fingerprint density at radius 1 is 0.900 bits per heavy atom. The minimum atomic E-state index is 0.679. The van der Waals surface area contributed by atoms with Crippen LogP contribution in [0.5, 0.6) is 0 Å². The Morgan fingerprint density at radius 3 is 2.30 bits per heavy atom. The lowest BCUT2D eigenvalue weighted by Crippen LogP contribution is -2.32. The van der Waals surface area contributed by atoms with Crippen molar-refractivity contribution in [1.82, 2.24) is 4.57 Å². The van der Waals surface area contributed by atoms with E-state index in [2.05, 4.69) is 41.7 Å². The number of aryl methyl sites for hydroxylation is 1. The molecule has 0 aliphatic carbocycles. The van der Waals surface area contributed by atoms with Gasteiger partial charge in [-0.1, -0.05) is 52.4 Å². The Kier molecular flexibility index (Phi) is 10.3. The maximum atomic E-state index is 5.52. The van der Waals surface area contributed by atoms with Crippen LogP contribution in [0.1, 0.15) is 71.6 Å². The maximum Gasteiger partial charge on any atom is 0.245 e. The first-order chi connectivity index (χ1) is 9.86. The van der Waals surface area contributed by atoms with Gasteiger partial charge in [0.2, 0.25) is 6.33 Å². The highest BCUT2D eigenvalue weighted by Gasteiger charge is 2.03. The van der Waals surface area contributed by atoms with Crippen molar-refractivity contribution in [2.24, 2.45) is 0 Å². The minimum Gasteiger partial charge on any atom is -0.342 e. The third kappa shape index (κ3) is 8.36. The summed E-state index contributed by atoms with van der Waals surface area (Å²) in [6, 6.07) is 0. The van der Waals surface area contributed by atoms with Gasteiger partial charge in [-0.3, -0.25) is 0 Å². The van der Waals surface area contributed by atoms with Crippen LogP contribution in [-0.4, -0.2) is 11.2 Å². The van der Waals surface area contributed by atoms with Crippen LogP contribution in [0.4, 0.5) is 0 Å². The largest absolute Gasteiger partial charge is 0.342 e. The zero-order valence-electron chi connectivity index (χ0n) is 13.5. The quantitative estimate of drug-likeness (QED) is 0.389. The molecule has 0 atom stereocenters. The van der Waals surface area contributed by atoms with Crippen LogP contribution in [0.25, 0.3) is 0 Å². The molecule has 0 saturated carbocycles. The Balaban J connectivity index is 1.99. The van der Waals surface area contributed by atoms with Crippen LogP contribution >= 0.6 is 0 Å². The molecule has 3 nitrogen and oxygen atoms in total. The molecule has 0 bridgehead atoms. The standard InChI is InChI=1S/C17H33N2O/c1-3-5-6-7-8-9-10-11-12-18-13-14-19(16-18)17-20-15-4-2/h13-14,16H,3-12,15,17H2,1-2H3/q+1. The summed E-state index contributed by atoms with van der Waals surface area (Å²) in [4.78, 5) is 0. The molecule has 0 N–H and O–H groups in total. The fourth-order valence-electron chi connectivity index (χ4n) is 2.39. The lowest BCUT2D eigenvalue weighted by atomic mass is 10.1. The van der Waals surface area contributed by atoms with Gasteiger partial charge < -0.3 is 4.74 Å². The van der Waals surface area contributed by atoms with Gasteiger partial charge in [-0.05, 0) is 19.3 Å². The molecule has 1 aromatic heterocycles. The van der Waals surface area contributed by atoms with E-state index in [1.54, 1.807) is 0 Å². The number of hydrogen-bond donors (Lipinski definition) is 0. The van der Waals surface area contributed by atoms with Gasteiger partial charge >= 0.3 is 0 Å². The first-order valence-electron chi connectivity index (χ1n) is 8.49. The molecular formula is C17H33N2O+. The van der Waals surface area contributed by atoms with E-state index in [1.807, 2.05) is 0 Å². The van der Waals surface area contributed by atoms with E-state index in [4.69, 9.17) is 4.74 Å². The first-order valence-corrected chi connectivity index (χ1v) is 8.49. The van der Waals surface area contributed by atoms with Gasteiger partial charge in [-0.25, -0.2) is 9.13 Å². The van der Waals surface area contributed by atoms with Crippen molar-refractivity contribution in [3.8, 4) is 0 Å². The van der Waals surface area contributed by atoms with Crippen molar-refractivity contribution < 1.29 is 9.30 Å². The van der Waals surface area contributed by atoms with E-state index in [-0.39, 0.29) is 0 Å². The number of ether oxygens (including phenoxy) is 1. The van der Waals surface area contributed by atoms with Crippen molar-refractivity contribution in [3.05, 3.63) is 18.7 Å². The predicted molar refractivity (Wildman–Crippen MR) is 83.5 cm³/mol. The third-order valence-electron chi connectivity index (χ3n) is 3.60. The molecule has 20 heavy (non-hydrogen) atoms. The molecule has 0 fully saturated rings. The molecular weight excluding hydrogens is 248 g/mol. The van der Waals surface area contributed by atoms with Gasteiger partial charge in [-0.2, -0.15) is 0 Å². The molecule has 0 aliphatic rings. The van der Waals surface area contributed by atoms with E-state index in [1.165, 1.54) is 51.4 Å². The van der Waals surface area contributed by atoms with Crippen LogP contribution in [0.3, 0.4) is 0 Å². The van der Waals surface area contributed by atoms with Crippen LogP contribution < -0.4 is 4.57 Å². The molecule has 1 heterocycles. The molecule has 116 valence electrons. The lowest BCUT2D eigenvalue weighted by molar-refractivity contribution is -0.732. The highest BCUT2D eigenvalue weighted by Crippen LogP contribution is 2.08. The van der Waals surface area contributed by atoms with Crippen LogP contribution in [0, 0.1) is 0 Å². The minimum absolute atomic E-state index is 0.679. The van der Waals surface area contributed by atoms with Crippen molar-refractivity contribution in [2.45, 2.75) is 84.9 Å². The number of unbranched alkanes of at least 4 members (excludes halogenated alkanes) is 7. The van der Waals surface area contributed by atoms with Crippen molar-refractivity contribution >= 4 is 0 Å². The molecule has 0 aromatic carbocycles. The van der Waals surface area contributed by atoms with E-state index in [9.17, 15) is 0 Å². The number of nitrogens with zero attached hydrogens (tertiary/aromatic N) is 2. The summed E-state index contributed by atoms with van der Waals surface area (Å²) in [5, 5.41) is 0. The summed E-state index contributed by atoms with van der Waals surface area (Å²) >= 11 is 0. The molecule has 0 unspecified atom stereocenters. The van der Waals surface area contributed by atoms with Gasteiger partial charge in [0.25, 0.3) is 0 Å². The summed E-state index contributed by atoms with van der Waals surface area (Å²) < 4.78 is 9.90. The SMILES string of the molecule is CCCCCCCCCCn1cc[n+](COCCC)c1. The van der Waals surface area contributed by atoms with E-state index >= 15 is 0 Å². The van der Waals surface area contributed by atoms with Crippen molar-refractivity contribution in [2.75, 3.05) is 6.61 Å². The summed E-state index contributed by atoms with van der Waals surface area (Å²) in [5.41, 5.74) is 0. The second-order valence-corrected chi connectivity index (χ2v) is 5.68. The monoisotopic (exact) mass is 281 g/mol. The van der Waals surface area contributed by atoms with Gasteiger partial charge in [0, 0.05) is 0 Å². The molecule has 0 amide bonds. The number of aromatic nitrogens is 2. The fraction of sp³-hybridized carbons (Fsp3) is 0.824. The molecule has 0 saturated heterocycles. The van der Waals surface area contributed by atoms with E-state index in [0.29, 0.717) is 6.73 Å².